The Balaban J connectivity index is 2.31. The molecule has 0 saturated carbocycles. The summed E-state index contributed by atoms with van der Waals surface area (Å²) in [5, 5.41) is 0. The molecular weight excluding hydrogens is 222 g/mol. The van der Waals surface area contributed by atoms with Gasteiger partial charge in [-0.15, -0.1) is 11.3 Å². The summed E-state index contributed by atoms with van der Waals surface area (Å²) in [6.07, 6.45) is 4.14. The molecule has 0 bridgehead atoms. The average molecular weight is 236 g/mol. The minimum atomic E-state index is 0.280. The van der Waals surface area contributed by atoms with Crippen molar-refractivity contribution in [2.24, 2.45) is 5.73 Å². The van der Waals surface area contributed by atoms with Gasteiger partial charge < -0.3 is 5.73 Å². The second kappa shape index (κ2) is 5.91. The molecule has 0 spiro atoms. The molecule has 1 aromatic rings. The molecule has 1 unspecified atom stereocenters. The van der Waals surface area contributed by atoms with Gasteiger partial charge in [-0.05, 0) is 37.0 Å². The summed E-state index contributed by atoms with van der Waals surface area (Å²) in [5.74, 6) is 1.14. The molecule has 74 valence electrons. The minimum absolute atomic E-state index is 0.280. The molecule has 1 atom stereocenters. The van der Waals surface area contributed by atoms with Crippen molar-refractivity contribution in [2.45, 2.75) is 18.9 Å². The lowest BCUT2D eigenvalue weighted by Gasteiger charge is -2.08. The standard InChI is InChI=1S/C9H14ClNS2/c1-12-5-4-7(11)6-8-2-3-9(10)13-8/h2-3,7H,4-6,11H2,1H3. The average Bonchev–Trinajstić information content (AvgIpc) is 2.48. The van der Waals surface area contributed by atoms with Crippen molar-refractivity contribution in [1.29, 1.82) is 0 Å². The molecule has 0 radical (unpaired) electrons. The van der Waals surface area contributed by atoms with Crippen LogP contribution in [0.25, 0.3) is 0 Å². The Morgan fingerprint density at radius 1 is 1.62 bits per heavy atom. The number of hydrogen-bond donors (Lipinski definition) is 1. The van der Waals surface area contributed by atoms with E-state index in [-0.39, 0.29) is 6.04 Å². The topological polar surface area (TPSA) is 26.0 Å². The largest absolute Gasteiger partial charge is 0.327 e. The summed E-state index contributed by atoms with van der Waals surface area (Å²) < 4.78 is 0.854. The highest BCUT2D eigenvalue weighted by Crippen LogP contribution is 2.22. The molecule has 0 aliphatic carbocycles. The molecule has 13 heavy (non-hydrogen) atoms. The van der Waals surface area contributed by atoms with Crippen molar-refractivity contribution in [3.8, 4) is 0 Å². The predicted octanol–water partition coefficient (Wildman–Crippen LogP) is 3.02. The maximum absolute atomic E-state index is 5.95. The highest BCUT2D eigenvalue weighted by atomic mass is 35.5. The predicted molar refractivity (Wildman–Crippen MR) is 64.0 cm³/mol. The normalized spacial score (nSPS) is 13.2. The lowest BCUT2D eigenvalue weighted by molar-refractivity contribution is 0.657. The molecule has 1 aromatic heterocycles. The first-order valence-corrected chi connectivity index (χ1v) is 6.80. The van der Waals surface area contributed by atoms with Crippen LogP contribution in [-0.4, -0.2) is 18.1 Å². The Labute approximate surface area is 92.7 Å². The molecule has 0 fully saturated rings. The van der Waals surface area contributed by atoms with Gasteiger partial charge in [-0.1, -0.05) is 11.6 Å². The molecule has 1 heterocycles. The lowest BCUT2D eigenvalue weighted by atomic mass is 10.1. The first-order valence-electron chi connectivity index (χ1n) is 4.21. The Kier molecular flexibility index (Phi) is 5.17. The van der Waals surface area contributed by atoms with Crippen molar-refractivity contribution in [2.75, 3.05) is 12.0 Å². The summed E-state index contributed by atoms with van der Waals surface area (Å²) in [5.41, 5.74) is 5.95. The molecule has 2 N–H and O–H groups in total. The van der Waals surface area contributed by atoms with Crippen LogP contribution >= 0.6 is 34.7 Å². The minimum Gasteiger partial charge on any atom is -0.327 e. The summed E-state index contributed by atoms with van der Waals surface area (Å²) in [6.45, 7) is 0. The van der Waals surface area contributed by atoms with Gasteiger partial charge in [0.15, 0.2) is 0 Å². The third-order valence-electron chi connectivity index (χ3n) is 1.78. The molecule has 1 rings (SSSR count). The Bertz CT molecular complexity index is 250. The van der Waals surface area contributed by atoms with Crippen LogP contribution in [0.2, 0.25) is 4.34 Å². The van der Waals surface area contributed by atoms with Gasteiger partial charge in [0.2, 0.25) is 0 Å². The van der Waals surface area contributed by atoms with E-state index in [1.807, 2.05) is 17.8 Å². The van der Waals surface area contributed by atoms with Crippen LogP contribution in [0.3, 0.4) is 0 Å². The number of thiophene rings is 1. The van der Waals surface area contributed by atoms with E-state index in [4.69, 9.17) is 17.3 Å². The molecule has 0 saturated heterocycles. The van der Waals surface area contributed by atoms with Crippen LogP contribution in [0.15, 0.2) is 12.1 Å². The zero-order valence-corrected chi connectivity index (χ0v) is 10.0. The molecule has 1 nitrogen and oxygen atoms in total. The Morgan fingerprint density at radius 2 is 2.38 bits per heavy atom. The number of thioether (sulfide) groups is 1. The van der Waals surface area contributed by atoms with Crippen molar-refractivity contribution in [1.82, 2.24) is 0 Å². The van der Waals surface area contributed by atoms with Gasteiger partial charge in [0, 0.05) is 10.9 Å². The van der Waals surface area contributed by atoms with E-state index in [0.29, 0.717) is 0 Å². The summed E-state index contributed by atoms with van der Waals surface area (Å²) >= 11 is 9.29. The fraction of sp³-hybridized carbons (Fsp3) is 0.556. The highest BCUT2D eigenvalue weighted by Gasteiger charge is 2.05. The molecule has 0 amide bonds. The molecule has 0 aliphatic rings. The van der Waals surface area contributed by atoms with Gasteiger partial charge in [-0.25, -0.2) is 0 Å². The van der Waals surface area contributed by atoms with Crippen molar-refractivity contribution >= 4 is 34.7 Å². The highest BCUT2D eigenvalue weighted by molar-refractivity contribution is 7.98. The van der Waals surface area contributed by atoms with Gasteiger partial charge in [-0.2, -0.15) is 11.8 Å². The SMILES string of the molecule is CSCCC(N)Cc1ccc(Cl)s1. The first-order chi connectivity index (χ1) is 6.22. The maximum Gasteiger partial charge on any atom is 0.0931 e. The fourth-order valence-corrected chi connectivity index (χ4v) is 2.81. The number of halogens is 1. The van der Waals surface area contributed by atoms with E-state index in [9.17, 15) is 0 Å². The summed E-state index contributed by atoms with van der Waals surface area (Å²) in [7, 11) is 0. The van der Waals surface area contributed by atoms with Crippen molar-refractivity contribution in [3.05, 3.63) is 21.3 Å². The number of rotatable bonds is 5. The van der Waals surface area contributed by atoms with E-state index in [0.717, 1.165) is 22.9 Å². The van der Waals surface area contributed by atoms with Crippen LogP contribution < -0.4 is 5.73 Å². The third kappa shape index (κ3) is 4.36. The van der Waals surface area contributed by atoms with E-state index < -0.39 is 0 Å². The smallest absolute Gasteiger partial charge is 0.0931 e. The zero-order chi connectivity index (χ0) is 9.68. The first kappa shape index (κ1) is 11.4. The zero-order valence-electron chi connectivity index (χ0n) is 7.63. The van der Waals surface area contributed by atoms with Gasteiger partial charge in [-0.3, -0.25) is 0 Å². The van der Waals surface area contributed by atoms with Gasteiger partial charge in [0.05, 0.1) is 4.34 Å². The van der Waals surface area contributed by atoms with E-state index in [1.54, 1.807) is 11.3 Å². The monoisotopic (exact) mass is 235 g/mol. The summed E-state index contributed by atoms with van der Waals surface area (Å²) in [6, 6.07) is 4.27. The van der Waals surface area contributed by atoms with Crippen molar-refractivity contribution in [3.63, 3.8) is 0 Å². The Hall–Kier alpha value is 0.300. The van der Waals surface area contributed by atoms with Crippen LogP contribution in [0.5, 0.6) is 0 Å². The molecule has 0 aromatic carbocycles. The van der Waals surface area contributed by atoms with E-state index >= 15 is 0 Å². The van der Waals surface area contributed by atoms with Crippen LogP contribution in [0.1, 0.15) is 11.3 Å². The van der Waals surface area contributed by atoms with Crippen LogP contribution in [0.4, 0.5) is 0 Å². The second-order valence-electron chi connectivity index (χ2n) is 2.95. The summed E-state index contributed by atoms with van der Waals surface area (Å²) in [4.78, 5) is 1.29. The fourth-order valence-electron chi connectivity index (χ4n) is 1.09. The lowest BCUT2D eigenvalue weighted by Crippen LogP contribution is -2.22. The van der Waals surface area contributed by atoms with E-state index in [1.165, 1.54) is 4.88 Å². The second-order valence-corrected chi connectivity index (χ2v) is 5.74. The number of nitrogens with two attached hydrogens (primary N) is 1. The number of hydrogen-bond acceptors (Lipinski definition) is 3. The molecule has 4 heteroatoms. The van der Waals surface area contributed by atoms with Crippen LogP contribution in [-0.2, 0) is 6.42 Å². The van der Waals surface area contributed by atoms with Crippen molar-refractivity contribution < 1.29 is 0 Å². The molecular formula is C9H14ClNS2. The van der Waals surface area contributed by atoms with E-state index in [2.05, 4.69) is 12.3 Å². The third-order valence-corrected chi connectivity index (χ3v) is 3.68. The quantitative estimate of drug-likeness (QED) is 0.849. The van der Waals surface area contributed by atoms with Gasteiger partial charge >= 0.3 is 0 Å². The van der Waals surface area contributed by atoms with Crippen LogP contribution in [0, 0.1) is 0 Å². The van der Waals surface area contributed by atoms with Gasteiger partial charge in [0.1, 0.15) is 0 Å². The molecule has 0 aliphatic heterocycles. The Morgan fingerprint density at radius 3 is 2.92 bits per heavy atom. The maximum atomic E-state index is 5.95. The van der Waals surface area contributed by atoms with Gasteiger partial charge in [0.25, 0.3) is 0 Å².